The molecule has 252 valence electrons. The predicted molar refractivity (Wildman–Crippen MR) is 191 cm³/mol. The molecule has 3 aliphatic rings. The van der Waals surface area contributed by atoms with Gasteiger partial charge in [0.25, 0.3) is 0 Å². The third-order valence-electron chi connectivity index (χ3n) is 10.8. The van der Waals surface area contributed by atoms with Gasteiger partial charge in [0, 0.05) is 0 Å². The average molecular weight is 676 g/mol. The Labute approximate surface area is 294 Å². The van der Waals surface area contributed by atoms with Crippen LogP contribution in [0.25, 0.3) is 11.1 Å². The van der Waals surface area contributed by atoms with Crippen molar-refractivity contribution in [1.29, 1.82) is 0 Å². The van der Waals surface area contributed by atoms with Crippen LogP contribution in [0.1, 0.15) is 32.6 Å². The Morgan fingerprint density at radius 1 is 0.549 bits per heavy atom. The van der Waals surface area contributed by atoms with Gasteiger partial charge in [-0.15, -0.1) is 0 Å². The van der Waals surface area contributed by atoms with Crippen LogP contribution >= 0.6 is 0 Å². The van der Waals surface area contributed by atoms with Crippen LogP contribution < -0.4 is 14.4 Å². The van der Waals surface area contributed by atoms with E-state index in [1.165, 1.54) is 24.1 Å². The molecule has 8 rings (SSSR count). The molecular formula is C43H33NO7. The van der Waals surface area contributed by atoms with Crippen molar-refractivity contribution >= 4 is 40.4 Å². The molecule has 1 saturated heterocycles. The van der Waals surface area contributed by atoms with E-state index >= 15 is 14.4 Å². The normalized spacial score (nSPS) is 23.4. The third-order valence-corrected chi connectivity index (χ3v) is 10.8. The fourth-order valence-electron chi connectivity index (χ4n) is 8.76. The van der Waals surface area contributed by atoms with Crippen LogP contribution in [0.5, 0.6) is 11.5 Å². The molecule has 1 heterocycles. The second kappa shape index (κ2) is 11.9. The molecular weight excluding hydrogens is 642 g/mol. The Bertz CT molecular complexity index is 2100. The number of ketones is 1. The van der Waals surface area contributed by atoms with E-state index in [0.717, 1.165) is 11.1 Å². The van der Waals surface area contributed by atoms with E-state index in [4.69, 9.17) is 14.2 Å². The molecule has 8 nitrogen and oxygen atoms in total. The van der Waals surface area contributed by atoms with Crippen LogP contribution in [0.2, 0.25) is 0 Å². The molecule has 0 radical (unpaired) electrons. The number of rotatable bonds is 8. The first-order chi connectivity index (χ1) is 24.8. The van der Waals surface area contributed by atoms with E-state index < -0.39 is 40.4 Å². The summed E-state index contributed by atoms with van der Waals surface area (Å²) >= 11 is 0. The minimum Gasteiger partial charge on any atom is -0.497 e. The van der Waals surface area contributed by atoms with Crippen LogP contribution in [-0.4, -0.2) is 44.9 Å². The summed E-state index contributed by atoms with van der Waals surface area (Å²) in [5.74, 6) is -2.61. The molecule has 2 aliphatic carbocycles. The maximum absolute atomic E-state index is 16.1. The lowest BCUT2D eigenvalue weighted by Crippen LogP contribution is -2.45. The standard InChI is InChI=1S/C43H33NO7/c1-49-32-22-16-26(17-23-32)34-35(27-18-24-33(50-2)25-19-27)43(30-12-8-5-9-13-30)37-36(42(34,41(43)48)29-10-6-4-7-11-29)38(45)44(39(37)46)31-20-14-28(15-21-31)40(47)51-3/h4-25,36-37H,1-3H3/t36-,37+,42-,43-/m1/s1. The fraction of sp³-hybridized carbons (Fsp3) is 0.163. The number of benzene rings is 5. The van der Waals surface area contributed by atoms with E-state index in [1.807, 2.05) is 109 Å². The second-order valence-corrected chi connectivity index (χ2v) is 12.9. The number of Topliss-reactive ketones (excluding diaryl/α,β-unsaturated/α-hetero) is 1. The van der Waals surface area contributed by atoms with Gasteiger partial charge in [-0.25, -0.2) is 9.69 Å². The molecule has 2 bridgehead atoms. The van der Waals surface area contributed by atoms with Crippen molar-refractivity contribution in [3.05, 3.63) is 161 Å². The van der Waals surface area contributed by atoms with Crippen LogP contribution in [0, 0.1) is 11.8 Å². The molecule has 51 heavy (non-hydrogen) atoms. The quantitative estimate of drug-likeness (QED) is 0.134. The zero-order valence-corrected chi connectivity index (χ0v) is 28.2. The first kappa shape index (κ1) is 32.0. The van der Waals surface area contributed by atoms with Gasteiger partial charge in [0.05, 0.1) is 55.2 Å². The first-order valence-electron chi connectivity index (χ1n) is 16.6. The Hall–Kier alpha value is -6.28. The number of amides is 2. The van der Waals surface area contributed by atoms with E-state index in [1.54, 1.807) is 26.4 Å². The highest BCUT2D eigenvalue weighted by Crippen LogP contribution is 2.74. The van der Waals surface area contributed by atoms with Gasteiger partial charge in [-0.3, -0.25) is 14.4 Å². The number of ether oxygens (including phenoxy) is 3. The van der Waals surface area contributed by atoms with E-state index in [9.17, 15) is 4.79 Å². The molecule has 0 N–H and O–H groups in total. The topological polar surface area (TPSA) is 99.2 Å². The Morgan fingerprint density at radius 2 is 0.961 bits per heavy atom. The lowest BCUT2D eigenvalue weighted by atomic mass is 9.59. The van der Waals surface area contributed by atoms with Gasteiger partial charge in [-0.1, -0.05) is 84.9 Å². The molecule has 1 aliphatic heterocycles. The zero-order valence-electron chi connectivity index (χ0n) is 28.2. The highest BCUT2D eigenvalue weighted by atomic mass is 16.5. The fourth-order valence-corrected chi connectivity index (χ4v) is 8.76. The van der Waals surface area contributed by atoms with Crippen molar-refractivity contribution < 1.29 is 33.4 Å². The number of allylic oxidation sites excluding steroid dienone is 2. The number of nitrogens with zero attached hydrogens (tertiary/aromatic N) is 1. The monoisotopic (exact) mass is 675 g/mol. The van der Waals surface area contributed by atoms with Gasteiger partial charge in [-0.2, -0.15) is 0 Å². The van der Waals surface area contributed by atoms with Gasteiger partial charge in [0.2, 0.25) is 11.8 Å². The molecule has 5 aromatic carbocycles. The van der Waals surface area contributed by atoms with Crippen molar-refractivity contribution in [2.24, 2.45) is 11.8 Å². The maximum atomic E-state index is 16.1. The number of imide groups is 1. The number of hydrogen-bond acceptors (Lipinski definition) is 7. The minimum atomic E-state index is -1.56. The van der Waals surface area contributed by atoms with Gasteiger partial charge < -0.3 is 14.2 Å². The van der Waals surface area contributed by atoms with Crippen molar-refractivity contribution in [3.63, 3.8) is 0 Å². The van der Waals surface area contributed by atoms with Crippen LogP contribution in [0.3, 0.4) is 0 Å². The molecule has 0 aromatic heterocycles. The highest BCUT2D eigenvalue weighted by Gasteiger charge is 2.82. The number of esters is 1. The van der Waals surface area contributed by atoms with E-state index in [2.05, 4.69) is 0 Å². The molecule has 2 amide bonds. The van der Waals surface area contributed by atoms with Gasteiger partial charge in [0.1, 0.15) is 11.5 Å². The van der Waals surface area contributed by atoms with Crippen molar-refractivity contribution in [2.75, 3.05) is 26.2 Å². The highest BCUT2D eigenvalue weighted by molar-refractivity contribution is 6.39. The number of carbonyl (C=O) groups excluding carboxylic acids is 4. The number of methoxy groups -OCH3 is 3. The second-order valence-electron chi connectivity index (χ2n) is 12.9. The van der Waals surface area contributed by atoms with Gasteiger partial charge >= 0.3 is 5.97 Å². The molecule has 8 heteroatoms. The number of carbonyl (C=O) groups is 4. The Morgan fingerprint density at radius 3 is 1.33 bits per heavy atom. The Kier molecular flexibility index (Phi) is 7.49. The minimum absolute atomic E-state index is 0.221. The largest absolute Gasteiger partial charge is 0.497 e. The van der Waals surface area contributed by atoms with Crippen molar-refractivity contribution in [2.45, 2.75) is 10.8 Å². The summed E-state index contributed by atoms with van der Waals surface area (Å²) in [7, 11) is 4.47. The summed E-state index contributed by atoms with van der Waals surface area (Å²) in [6.07, 6.45) is 0. The molecule has 1 saturated carbocycles. The number of fused-ring (bicyclic) bond motifs is 5. The summed E-state index contributed by atoms with van der Waals surface area (Å²) in [5.41, 5.74) is 1.53. The summed E-state index contributed by atoms with van der Waals surface area (Å²) in [5, 5.41) is 0. The first-order valence-corrected chi connectivity index (χ1v) is 16.6. The van der Waals surface area contributed by atoms with Crippen molar-refractivity contribution in [3.8, 4) is 11.5 Å². The summed E-state index contributed by atoms with van der Waals surface area (Å²) in [6, 6.07) is 39.9. The lowest BCUT2D eigenvalue weighted by molar-refractivity contribution is -0.130. The number of anilines is 1. The summed E-state index contributed by atoms with van der Waals surface area (Å²) < 4.78 is 15.9. The third kappa shape index (κ3) is 4.26. The molecule has 0 spiro atoms. The Balaban J connectivity index is 1.49. The van der Waals surface area contributed by atoms with Crippen molar-refractivity contribution in [1.82, 2.24) is 0 Å². The SMILES string of the molecule is COC(=O)c1ccc(N2C(=O)[C@@H]3[C@H](C2=O)[C@]2(c4ccccc4)C(=O)[C@]3(c3ccccc3)C(c3ccc(OC)cc3)=C2c2ccc(OC)cc2)cc1. The maximum Gasteiger partial charge on any atom is 0.337 e. The molecule has 4 atom stereocenters. The summed E-state index contributed by atoms with van der Waals surface area (Å²) in [4.78, 5) is 59.8. The van der Waals surface area contributed by atoms with Gasteiger partial charge in [-0.05, 0) is 81.9 Å². The lowest BCUT2D eigenvalue weighted by Gasteiger charge is -2.39. The zero-order chi connectivity index (χ0) is 35.5. The average Bonchev–Trinajstić information content (AvgIpc) is 3.70. The van der Waals surface area contributed by atoms with Gasteiger partial charge in [0.15, 0.2) is 5.78 Å². The molecule has 0 unspecified atom stereocenters. The van der Waals surface area contributed by atoms with E-state index in [0.29, 0.717) is 39.5 Å². The molecule has 5 aromatic rings. The van der Waals surface area contributed by atoms with E-state index in [-0.39, 0.29) is 11.3 Å². The van der Waals surface area contributed by atoms with Crippen LogP contribution in [-0.2, 0) is 30.0 Å². The predicted octanol–water partition coefficient (Wildman–Crippen LogP) is 6.68. The number of hydrogen-bond donors (Lipinski definition) is 0. The smallest absolute Gasteiger partial charge is 0.337 e. The molecule has 2 fully saturated rings. The van der Waals surface area contributed by atoms with Crippen LogP contribution in [0.15, 0.2) is 133 Å². The summed E-state index contributed by atoms with van der Waals surface area (Å²) in [6.45, 7) is 0. The van der Waals surface area contributed by atoms with Crippen LogP contribution in [0.4, 0.5) is 5.69 Å².